The number of esters is 1. The van der Waals surface area contributed by atoms with Gasteiger partial charge in [-0.1, -0.05) is 41.4 Å². The lowest BCUT2D eigenvalue weighted by Crippen LogP contribution is -2.30. The average Bonchev–Trinajstić information content (AvgIpc) is 2.54. The Bertz CT molecular complexity index is 715. The molecule has 2 aromatic rings. The Morgan fingerprint density at radius 3 is 2.46 bits per heavy atom. The molecule has 0 unspecified atom stereocenters. The van der Waals surface area contributed by atoms with Gasteiger partial charge in [0.15, 0.2) is 6.61 Å². The van der Waals surface area contributed by atoms with Crippen molar-refractivity contribution >= 4 is 35.1 Å². The van der Waals surface area contributed by atoms with Crippen molar-refractivity contribution in [2.45, 2.75) is 6.42 Å². The van der Waals surface area contributed by atoms with Crippen LogP contribution in [0.1, 0.15) is 15.9 Å². The first-order valence-corrected chi connectivity index (χ1v) is 7.85. The van der Waals surface area contributed by atoms with E-state index in [0.717, 1.165) is 11.6 Å². The maximum absolute atomic E-state index is 13.5. The minimum Gasteiger partial charge on any atom is -0.452 e. The molecular formula is C17H14Cl2FNO3. The van der Waals surface area contributed by atoms with E-state index in [4.69, 9.17) is 27.9 Å². The monoisotopic (exact) mass is 369 g/mol. The van der Waals surface area contributed by atoms with Crippen LogP contribution in [0.2, 0.25) is 10.0 Å². The molecule has 4 nitrogen and oxygen atoms in total. The second kappa shape index (κ2) is 8.66. The molecule has 1 N–H and O–H groups in total. The van der Waals surface area contributed by atoms with Gasteiger partial charge >= 0.3 is 5.97 Å². The van der Waals surface area contributed by atoms with E-state index in [-0.39, 0.29) is 10.6 Å². The fraction of sp³-hybridized carbons (Fsp3) is 0.176. The van der Waals surface area contributed by atoms with Crippen molar-refractivity contribution in [1.82, 2.24) is 5.32 Å². The van der Waals surface area contributed by atoms with Gasteiger partial charge in [0.2, 0.25) is 0 Å². The molecule has 0 aliphatic rings. The highest BCUT2D eigenvalue weighted by atomic mass is 35.5. The Morgan fingerprint density at radius 2 is 1.79 bits per heavy atom. The molecule has 0 radical (unpaired) electrons. The normalized spacial score (nSPS) is 10.3. The number of nitrogens with one attached hydrogen (secondary N) is 1. The van der Waals surface area contributed by atoms with E-state index in [2.05, 4.69) is 5.32 Å². The van der Waals surface area contributed by atoms with Crippen LogP contribution in [-0.2, 0) is 16.0 Å². The third-order valence-electron chi connectivity index (χ3n) is 3.15. The summed E-state index contributed by atoms with van der Waals surface area (Å²) < 4.78 is 18.3. The van der Waals surface area contributed by atoms with E-state index in [1.54, 1.807) is 12.1 Å². The molecule has 24 heavy (non-hydrogen) atoms. The van der Waals surface area contributed by atoms with Crippen LogP contribution in [0.25, 0.3) is 0 Å². The van der Waals surface area contributed by atoms with Crippen molar-refractivity contribution in [1.29, 1.82) is 0 Å². The molecule has 0 saturated carbocycles. The highest BCUT2D eigenvalue weighted by Crippen LogP contribution is 2.19. The van der Waals surface area contributed by atoms with Crippen LogP contribution in [0.3, 0.4) is 0 Å². The third kappa shape index (κ3) is 5.22. The van der Waals surface area contributed by atoms with Gasteiger partial charge in [-0.15, -0.1) is 0 Å². The zero-order chi connectivity index (χ0) is 17.5. The van der Waals surface area contributed by atoms with Gasteiger partial charge in [0.05, 0.1) is 5.02 Å². The van der Waals surface area contributed by atoms with Gasteiger partial charge < -0.3 is 10.1 Å². The summed E-state index contributed by atoms with van der Waals surface area (Å²) in [6, 6.07) is 11.1. The molecule has 1 amide bonds. The summed E-state index contributed by atoms with van der Waals surface area (Å²) >= 11 is 11.5. The minimum absolute atomic E-state index is 0.0665. The summed E-state index contributed by atoms with van der Waals surface area (Å²) in [6.07, 6.45) is 0.607. The first kappa shape index (κ1) is 18.2. The molecule has 2 aromatic carbocycles. The van der Waals surface area contributed by atoms with E-state index in [0.29, 0.717) is 18.0 Å². The summed E-state index contributed by atoms with van der Waals surface area (Å²) in [5.41, 5.74) is 0.628. The molecule has 2 rings (SSSR count). The lowest BCUT2D eigenvalue weighted by molar-refractivity contribution is -0.124. The second-order valence-electron chi connectivity index (χ2n) is 4.90. The van der Waals surface area contributed by atoms with Crippen LogP contribution in [-0.4, -0.2) is 25.0 Å². The molecule has 7 heteroatoms. The predicted octanol–water partition coefficient (Wildman–Crippen LogP) is 3.65. The van der Waals surface area contributed by atoms with Crippen molar-refractivity contribution in [2.24, 2.45) is 0 Å². The van der Waals surface area contributed by atoms with Gasteiger partial charge in [-0.3, -0.25) is 4.79 Å². The molecule has 0 saturated heterocycles. The number of ether oxygens (including phenoxy) is 1. The summed E-state index contributed by atoms with van der Waals surface area (Å²) in [5.74, 6) is -2.26. The standard InChI is InChI=1S/C17H14Cl2FNO3/c18-12-6-4-11(5-7-12)8-9-21-15(22)10-24-17(23)16-13(19)2-1-3-14(16)20/h1-7H,8-10H2,(H,21,22). The van der Waals surface area contributed by atoms with E-state index >= 15 is 0 Å². The fourth-order valence-electron chi connectivity index (χ4n) is 1.94. The van der Waals surface area contributed by atoms with Crippen molar-refractivity contribution in [3.8, 4) is 0 Å². The van der Waals surface area contributed by atoms with E-state index < -0.39 is 24.3 Å². The van der Waals surface area contributed by atoms with Crippen molar-refractivity contribution in [3.63, 3.8) is 0 Å². The summed E-state index contributed by atoms with van der Waals surface area (Å²) in [5, 5.41) is 3.18. The molecule has 0 spiro atoms. The van der Waals surface area contributed by atoms with Crippen LogP contribution in [0.5, 0.6) is 0 Å². The molecule has 0 atom stereocenters. The molecule has 0 fully saturated rings. The fourth-order valence-corrected chi connectivity index (χ4v) is 2.31. The van der Waals surface area contributed by atoms with Crippen LogP contribution in [0.4, 0.5) is 4.39 Å². The second-order valence-corrected chi connectivity index (χ2v) is 5.74. The van der Waals surface area contributed by atoms with Gasteiger partial charge in [0.25, 0.3) is 5.91 Å². The lowest BCUT2D eigenvalue weighted by Gasteiger charge is -2.08. The van der Waals surface area contributed by atoms with Gasteiger partial charge in [-0.25, -0.2) is 9.18 Å². The van der Waals surface area contributed by atoms with E-state index in [1.165, 1.54) is 12.1 Å². The van der Waals surface area contributed by atoms with Gasteiger partial charge in [-0.05, 0) is 36.2 Å². The number of rotatable bonds is 6. The number of hydrogen-bond donors (Lipinski definition) is 1. The number of carbonyl (C=O) groups excluding carboxylic acids is 2. The average molecular weight is 370 g/mol. The third-order valence-corrected chi connectivity index (χ3v) is 3.72. The number of halogens is 3. The Morgan fingerprint density at radius 1 is 1.08 bits per heavy atom. The zero-order valence-electron chi connectivity index (χ0n) is 12.5. The lowest BCUT2D eigenvalue weighted by atomic mass is 10.1. The Balaban J connectivity index is 1.76. The smallest absolute Gasteiger partial charge is 0.343 e. The first-order valence-electron chi connectivity index (χ1n) is 7.09. The van der Waals surface area contributed by atoms with Gasteiger partial charge in [0.1, 0.15) is 11.4 Å². The Labute approximate surface area is 148 Å². The molecular weight excluding hydrogens is 356 g/mol. The van der Waals surface area contributed by atoms with Crippen LogP contribution in [0, 0.1) is 5.82 Å². The van der Waals surface area contributed by atoms with Gasteiger partial charge in [-0.2, -0.15) is 0 Å². The minimum atomic E-state index is -0.981. The number of carbonyl (C=O) groups is 2. The van der Waals surface area contributed by atoms with Gasteiger partial charge in [0, 0.05) is 11.6 Å². The molecule has 0 heterocycles. The van der Waals surface area contributed by atoms with Crippen molar-refractivity contribution in [3.05, 3.63) is 69.5 Å². The molecule has 0 bridgehead atoms. The molecule has 0 aliphatic carbocycles. The van der Waals surface area contributed by atoms with Crippen LogP contribution in [0.15, 0.2) is 42.5 Å². The van der Waals surface area contributed by atoms with Crippen molar-refractivity contribution < 1.29 is 18.7 Å². The Hall–Kier alpha value is -2.11. The molecule has 0 aliphatic heterocycles. The molecule has 0 aromatic heterocycles. The predicted molar refractivity (Wildman–Crippen MR) is 89.9 cm³/mol. The largest absolute Gasteiger partial charge is 0.452 e. The van der Waals surface area contributed by atoms with E-state index in [1.807, 2.05) is 12.1 Å². The summed E-state index contributed by atoms with van der Waals surface area (Å²) in [4.78, 5) is 23.4. The van der Waals surface area contributed by atoms with E-state index in [9.17, 15) is 14.0 Å². The summed E-state index contributed by atoms with van der Waals surface area (Å²) in [7, 11) is 0. The first-order chi connectivity index (χ1) is 11.5. The number of benzene rings is 2. The van der Waals surface area contributed by atoms with Crippen LogP contribution >= 0.6 is 23.2 Å². The topological polar surface area (TPSA) is 55.4 Å². The zero-order valence-corrected chi connectivity index (χ0v) is 14.0. The number of amides is 1. The van der Waals surface area contributed by atoms with Crippen LogP contribution < -0.4 is 5.32 Å². The quantitative estimate of drug-likeness (QED) is 0.790. The SMILES string of the molecule is O=C(COC(=O)c1c(F)cccc1Cl)NCCc1ccc(Cl)cc1. The maximum Gasteiger partial charge on any atom is 0.343 e. The number of hydrogen-bond acceptors (Lipinski definition) is 3. The molecule has 126 valence electrons. The Kier molecular flexibility index (Phi) is 6.58. The highest BCUT2D eigenvalue weighted by Gasteiger charge is 2.18. The highest BCUT2D eigenvalue weighted by molar-refractivity contribution is 6.33. The summed E-state index contributed by atoms with van der Waals surface area (Å²) in [6.45, 7) is -0.136. The maximum atomic E-state index is 13.5. The van der Waals surface area contributed by atoms with Crippen molar-refractivity contribution in [2.75, 3.05) is 13.2 Å².